The van der Waals surface area contributed by atoms with Crippen molar-refractivity contribution in [1.29, 1.82) is 0 Å². The van der Waals surface area contributed by atoms with E-state index in [0.29, 0.717) is 11.5 Å². The highest BCUT2D eigenvalue weighted by Crippen LogP contribution is 2.27. The van der Waals surface area contributed by atoms with Gasteiger partial charge < -0.3 is 14.9 Å². The van der Waals surface area contributed by atoms with Gasteiger partial charge in [-0.05, 0) is 25.5 Å². The van der Waals surface area contributed by atoms with Gasteiger partial charge >= 0.3 is 0 Å². The first kappa shape index (κ1) is 11.0. The lowest BCUT2D eigenvalue weighted by Gasteiger charge is -2.17. The molecule has 2 N–H and O–H groups in total. The van der Waals surface area contributed by atoms with E-state index in [4.69, 9.17) is 14.9 Å². The van der Waals surface area contributed by atoms with Crippen molar-refractivity contribution in [3.8, 4) is 5.75 Å². The Balaban J connectivity index is 2.52. The third kappa shape index (κ3) is 1.76. The molecule has 1 heterocycles. The van der Waals surface area contributed by atoms with Gasteiger partial charge in [-0.1, -0.05) is 6.92 Å². The number of nitrogens with zero attached hydrogens (tertiary/aromatic N) is 1. The van der Waals surface area contributed by atoms with Crippen LogP contribution in [0.1, 0.15) is 26.2 Å². The molecule has 0 aliphatic carbocycles. The molecule has 0 aliphatic rings. The van der Waals surface area contributed by atoms with E-state index < -0.39 is 5.54 Å². The predicted octanol–water partition coefficient (Wildman–Crippen LogP) is 2.42. The fourth-order valence-electron chi connectivity index (χ4n) is 1.43. The van der Waals surface area contributed by atoms with Crippen LogP contribution in [0.5, 0.6) is 5.75 Å². The maximum absolute atomic E-state index is 6.08. The molecule has 86 valence electrons. The van der Waals surface area contributed by atoms with E-state index in [1.54, 1.807) is 7.11 Å². The van der Waals surface area contributed by atoms with Crippen LogP contribution in [0.2, 0.25) is 0 Å². The van der Waals surface area contributed by atoms with Gasteiger partial charge in [0, 0.05) is 6.07 Å². The van der Waals surface area contributed by atoms with Gasteiger partial charge in [0.15, 0.2) is 5.58 Å². The third-order valence-electron chi connectivity index (χ3n) is 2.82. The highest BCUT2D eigenvalue weighted by Gasteiger charge is 2.25. The van der Waals surface area contributed by atoms with Gasteiger partial charge in [-0.2, -0.15) is 0 Å². The largest absolute Gasteiger partial charge is 0.497 e. The Kier molecular flexibility index (Phi) is 2.59. The van der Waals surface area contributed by atoms with Crippen LogP contribution in [0.25, 0.3) is 11.1 Å². The summed E-state index contributed by atoms with van der Waals surface area (Å²) in [6.45, 7) is 3.92. The number of benzene rings is 1. The Morgan fingerprint density at radius 2 is 2.25 bits per heavy atom. The summed E-state index contributed by atoms with van der Waals surface area (Å²) in [5.41, 5.74) is 7.08. The number of hydrogen-bond donors (Lipinski definition) is 1. The molecular formula is C12H16N2O2. The lowest BCUT2D eigenvalue weighted by atomic mass is 10.0. The number of ether oxygens (including phenoxy) is 1. The lowest BCUT2D eigenvalue weighted by Crippen LogP contribution is -2.32. The van der Waals surface area contributed by atoms with E-state index in [0.717, 1.165) is 17.7 Å². The molecule has 0 bridgehead atoms. The van der Waals surface area contributed by atoms with Crippen LogP contribution in [-0.2, 0) is 5.54 Å². The third-order valence-corrected chi connectivity index (χ3v) is 2.82. The molecule has 1 aromatic heterocycles. The van der Waals surface area contributed by atoms with Crippen LogP contribution in [-0.4, -0.2) is 12.1 Å². The zero-order valence-corrected chi connectivity index (χ0v) is 9.78. The molecule has 2 aromatic rings. The van der Waals surface area contributed by atoms with E-state index in [2.05, 4.69) is 4.98 Å². The topological polar surface area (TPSA) is 61.3 Å². The van der Waals surface area contributed by atoms with Crippen molar-refractivity contribution in [1.82, 2.24) is 4.98 Å². The molecule has 0 radical (unpaired) electrons. The lowest BCUT2D eigenvalue weighted by molar-refractivity contribution is 0.355. The van der Waals surface area contributed by atoms with E-state index in [1.165, 1.54) is 0 Å². The summed E-state index contributed by atoms with van der Waals surface area (Å²) in [6, 6.07) is 5.54. The van der Waals surface area contributed by atoms with Crippen molar-refractivity contribution < 1.29 is 9.15 Å². The van der Waals surface area contributed by atoms with Gasteiger partial charge in [0.25, 0.3) is 0 Å². The molecule has 16 heavy (non-hydrogen) atoms. The highest BCUT2D eigenvalue weighted by molar-refractivity contribution is 5.74. The Bertz CT molecular complexity index is 503. The minimum atomic E-state index is -0.522. The maximum atomic E-state index is 6.08. The molecule has 0 amide bonds. The Morgan fingerprint density at radius 1 is 1.50 bits per heavy atom. The number of fused-ring (bicyclic) bond motifs is 1. The van der Waals surface area contributed by atoms with Gasteiger partial charge in [-0.15, -0.1) is 0 Å². The van der Waals surface area contributed by atoms with Crippen LogP contribution in [0.3, 0.4) is 0 Å². The van der Waals surface area contributed by atoms with Crippen LogP contribution >= 0.6 is 0 Å². The molecule has 1 unspecified atom stereocenters. The van der Waals surface area contributed by atoms with Gasteiger partial charge in [0.05, 0.1) is 12.6 Å². The molecule has 0 saturated carbocycles. The van der Waals surface area contributed by atoms with Crippen molar-refractivity contribution in [3.63, 3.8) is 0 Å². The monoisotopic (exact) mass is 220 g/mol. The molecule has 2 rings (SSSR count). The average Bonchev–Trinajstić information content (AvgIpc) is 2.72. The second kappa shape index (κ2) is 3.79. The second-order valence-electron chi connectivity index (χ2n) is 4.12. The van der Waals surface area contributed by atoms with E-state index in [-0.39, 0.29) is 0 Å². The highest BCUT2D eigenvalue weighted by atomic mass is 16.5. The van der Waals surface area contributed by atoms with Gasteiger partial charge in [-0.25, -0.2) is 4.98 Å². The zero-order valence-electron chi connectivity index (χ0n) is 9.78. The Morgan fingerprint density at radius 3 is 2.88 bits per heavy atom. The average molecular weight is 220 g/mol. The normalized spacial score (nSPS) is 15.0. The summed E-state index contributed by atoms with van der Waals surface area (Å²) in [5, 5.41) is 0. The molecule has 1 atom stereocenters. The molecule has 0 aliphatic heterocycles. The zero-order chi connectivity index (χ0) is 11.8. The minimum absolute atomic E-state index is 0.522. The second-order valence-corrected chi connectivity index (χ2v) is 4.12. The van der Waals surface area contributed by atoms with Gasteiger partial charge in [0.1, 0.15) is 11.3 Å². The molecule has 4 heteroatoms. The van der Waals surface area contributed by atoms with Crippen molar-refractivity contribution in [2.24, 2.45) is 5.73 Å². The van der Waals surface area contributed by atoms with Crippen molar-refractivity contribution in [2.75, 3.05) is 7.11 Å². The van der Waals surface area contributed by atoms with Gasteiger partial charge in [-0.3, -0.25) is 0 Å². The number of aromatic nitrogens is 1. The SMILES string of the molecule is CCC(C)(N)c1nc2ccc(OC)cc2o1. The minimum Gasteiger partial charge on any atom is -0.497 e. The summed E-state index contributed by atoms with van der Waals surface area (Å²) >= 11 is 0. The summed E-state index contributed by atoms with van der Waals surface area (Å²) in [5.74, 6) is 1.32. The Hall–Kier alpha value is -1.55. The molecule has 0 saturated heterocycles. The smallest absolute Gasteiger partial charge is 0.215 e. The van der Waals surface area contributed by atoms with E-state index >= 15 is 0 Å². The molecule has 1 aromatic carbocycles. The Labute approximate surface area is 94.4 Å². The standard InChI is InChI=1S/C12H16N2O2/c1-4-12(2,13)11-14-9-6-5-8(15-3)7-10(9)16-11/h5-7H,4,13H2,1-3H3. The predicted molar refractivity (Wildman–Crippen MR) is 62.4 cm³/mol. The van der Waals surface area contributed by atoms with Crippen molar-refractivity contribution in [2.45, 2.75) is 25.8 Å². The maximum Gasteiger partial charge on any atom is 0.215 e. The quantitative estimate of drug-likeness (QED) is 0.862. The van der Waals surface area contributed by atoms with Crippen LogP contribution in [0, 0.1) is 0 Å². The molecule has 0 spiro atoms. The van der Waals surface area contributed by atoms with Crippen LogP contribution < -0.4 is 10.5 Å². The first-order chi connectivity index (χ1) is 7.56. The van der Waals surface area contributed by atoms with Crippen LogP contribution in [0.4, 0.5) is 0 Å². The van der Waals surface area contributed by atoms with Gasteiger partial charge in [0.2, 0.25) is 5.89 Å². The van der Waals surface area contributed by atoms with Crippen LogP contribution in [0.15, 0.2) is 22.6 Å². The fraction of sp³-hybridized carbons (Fsp3) is 0.417. The molecular weight excluding hydrogens is 204 g/mol. The number of oxazole rings is 1. The summed E-state index contributed by atoms with van der Waals surface area (Å²) < 4.78 is 10.8. The summed E-state index contributed by atoms with van der Waals surface area (Å²) in [4.78, 5) is 4.38. The molecule has 0 fully saturated rings. The summed E-state index contributed by atoms with van der Waals surface area (Å²) in [6.07, 6.45) is 0.775. The van der Waals surface area contributed by atoms with E-state index in [1.807, 2.05) is 32.0 Å². The first-order valence-corrected chi connectivity index (χ1v) is 5.31. The number of hydrogen-bond acceptors (Lipinski definition) is 4. The number of rotatable bonds is 3. The number of methoxy groups -OCH3 is 1. The number of nitrogens with two attached hydrogens (primary N) is 1. The van der Waals surface area contributed by atoms with Crippen molar-refractivity contribution in [3.05, 3.63) is 24.1 Å². The summed E-state index contributed by atoms with van der Waals surface area (Å²) in [7, 11) is 1.62. The fourth-order valence-corrected chi connectivity index (χ4v) is 1.43. The van der Waals surface area contributed by atoms with E-state index in [9.17, 15) is 0 Å². The first-order valence-electron chi connectivity index (χ1n) is 5.31. The molecule has 4 nitrogen and oxygen atoms in total. The van der Waals surface area contributed by atoms with Crippen molar-refractivity contribution >= 4 is 11.1 Å².